The lowest BCUT2D eigenvalue weighted by Gasteiger charge is -2.28. The maximum absolute atomic E-state index is 12.3. The number of amides is 1. The number of benzene rings is 1. The van der Waals surface area contributed by atoms with Gasteiger partial charge in [0.1, 0.15) is 0 Å². The summed E-state index contributed by atoms with van der Waals surface area (Å²) in [7, 11) is 0. The Balaban J connectivity index is 2.75. The van der Waals surface area contributed by atoms with Gasteiger partial charge in [-0.15, -0.1) is 0 Å². The molecule has 1 rings (SSSR count). The Hall–Kier alpha value is -1.84. The molecule has 110 valence electrons. The standard InChI is InChI=1S/C16H23NO3/c1-11(2)10-17(12(3)4)15(18)9-13-5-7-14(8-6-13)16(19)20/h5-8,11-12H,9-10H2,1-4H3,(H,19,20). The predicted octanol–water partition coefficient (Wildman–Crippen LogP) is 2.82. The Morgan fingerprint density at radius 2 is 1.65 bits per heavy atom. The van der Waals surface area contributed by atoms with Crippen LogP contribution in [-0.2, 0) is 11.2 Å². The summed E-state index contributed by atoms with van der Waals surface area (Å²) >= 11 is 0. The van der Waals surface area contributed by atoms with Gasteiger partial charge in [-0.1, -0.05) is 26.0 Å². The lowest BCUT2D eigenvalue weighted by atomic mass is 10.1. The average molecular weight is 277 g/mol. The summed E-state index contributed by atoms with van der Waals surface area (Å²) in [4.78, 5) is 25.0. The van der Waals surface area contributed by atoms with Gasteiger partial charge < -0.3 is 10.0 Å². The number of hydrogen-bond acceptors (Lipinski definition) is 2. The normalized spacial score (nSPS) is 10.9. The largest absolute Gasteiger partial charge is 0.478 e. The summed E-state index contributed by atoms with van der Waals surface area (Å²) in [6.45, 7) is 8.93. The van der Waals surface area contributed by atoms with Crippen LogP contribution in [0.5, 0.6) is 0 Å². The number of carbonyl (C=O) groups excluding carboxylic acids is 1. The first-order valence-corrected chi connectivity index (χ1v) is 6.93. The highest BCUT2D eigenvalue weighted by Crippen LogP contribution is 2.10. The van der Waals surface area contributed by atoms with Gasteiger partial charge in [-0.2, -0.15) is 0 Å². The quantitative estimate of drug-likeness (QED) is 0.870. The molecule has 0 fully saturated rings. The Bertz CT molecular complexity index is 463. The van der Waals surface area contributed by atoms with Crippen LogP contribution in [0.3, 0.4) is 0 Å². The Labute approximate surface area is 120 Å². The highest BCUT2D eigenvalue weighted by atomic mass is 16.4. The molecule has 20 heavy (non-hydrogen) atoms. The van der Waals surface area contributed by atoms with Gasteiger partial charge >= 0.3 is 5.97 Å². The van der Waals surface area contributed by atoms with Crippen LogP contribution in [0.4, 0.5) is 0 Å². The van der Waals surface area contributed by atoms with Crippen LogP contribution in [0.2, 0.25) is 0 Å². The van der Waals surface area contributed by atoms with E-state index in [4.69, 9.17) is 5.11 Å². The van der Waals surface area contributed by atoms with E-state index < -0.39 is 5.97 Å². The Morgan fingerprint density at radius 1 is 1.10 bits per heavy atom. The maximum atomic E-state index is 12.3. The summed E-state index contributed by atoms with van der Waals surface area (Å²) in [5.74, 6) is -0.445. The molecule has 0 spiro atoms. The molecule has 4 heteroatoms. The van der Waals surface area contributed by atoms with E-state index >= 15 is 0 Å². The molecule has 0 atom stereocenters. The van der Waals surface area contributed by atoms with E-state index in [1.54, 1.807) is 12.1 Å². The highest BCUT2D eigenvalue weighted by molar-refractivity contribution is 5.87. The van der Waals surface area contributed by atoms with Gasteiger partial charge in [0, 0.05) is 12.6 Å². The molecule has 4 nitrogen and oxygen atoms in total. The molecule has 0 bridgehead atoms. The summed E-state index contributed by atoms with van der Waals surface area (Å²) in [6.07, 6.45) is 0.310. The first-order chi connectivity index (χ1) is 9.31. The average Bonchev–Trinajstić information content (AvgIpc) is 2.35. The van der Waals surface area contributed by atoms with E-state index in [-0.39, 0.29) is 17.5 Å². The second kappa shape index (κ2) is 7.08. The minimum absolute atomic E-state index is 0.0803. The van der Waals surface area contributed by atoms with E-state index in [1.165, 1.54) is 12.1 Å². The van der Waals surface area contributed by atoms with Gasteiger partial charge in [0.15, 0.2) is 0 Å². The molecule has 0 aliphatic rings. The van der Waals surface area contributed by atoms with Crippen LogP contribution in [0, 0.1) is 5.92 Å². The second-order valence-corrected chi connectivity index (χ2v) is 5.71. The zero-order valence-corrected chi connectivity index (χ0v) is 12.6. The van der Waals surface area contributed by atoms with E-state index in [2.05, 4.69) is 13.8 Å². The number of hydrogen-bond donors (Lipinski definition) is 1. The second-order valence-electron chi connectivity index (χ2n) is 5.71. The van der Waals surface area contributed by atoms with Crippen LogP contribution >= 0.6 is 0 Å². The Morgan fingerprint density at radius 3 is 2.05 bits per heavy atom. The molecule has 0 aliphatic heterocycles. The minimum atomic E-state index is -0.952. The molecule has 0 saturated carbocycles. The molecule has 1 aromatic carbocycles. The molecule has 1 aromatic rings. The molecular weight excluding hydrogens is 254 g/mol. The molecule has 0 unspecified atom stereocenters. The number of nitrogens with zero attached hydrogens (tertiary/aromatic N) is 1. The van der Waals surface area contributed by atoms with Crippen molar-refractivity contribution in [3.05, 3.63) is 35.4 Å². The number of carbonyl (C=O) groups is 2. The van der Waals surface area contributed by atoms with Crippen molar-refractivity contribution in [2.45, 2.75) is 40.2 Å². The first-order valence-electron chi connectivity index (χ1n) is 6.93. The fourth-order valence-electron chi connectivity index (χ4n) is 2.04. The summed E-state index contributed by atoms with van der Waals surface area (Å²) in [6, 6.07) is 6.65. The fraction of sp³-hybridized carbons (Fsp3) is 0.500. The van der Waals surface area contributed by atoms with Crippen LogP contribution in [0.1, 0.15) is 43.6 Å². The summed E-state index contributed by atoms with van der Waals surface area (Å²) < 4.78 is 0. The number of rotatable bonds is 6. The van der Waals surface area contributed by atoms with Gasteiger partial charge in [0.2, 0.25) is 5.91 Å². The van der Waals surface area contributed by atoms with E-state index in [0.29, 0.717) is 12.3 Å². The number of carboxylic acids is 1. The molecule has 0 saturated heterocycles. The molecule has 0 aliphatic carbocycles. The van der Waals surface area contributed by atoms with Gasteiger partial charge in [-0.3, -0.25) is 4.79 Å². The van der Waals surface area contributed by atoms with Gasteiger partial charge in [0.25, 0.3) is 0 Å². The molecule has 0 aromatic heterocycles. The van der Waals surface area contributed by atoms with Gasteiger partial charge in [0.05, 0.1) is 12.0 Å². The van der Waals surface area contributed by atoms with E-state index in [9.17, 15) is 9.59 Å². The van der Waals surface area contributed by atoms with Crippen molar-refractivity contribution in [3.8, 4) is 0 Å². The highest BCUT2D eigenvalue weighted by Gasteiger charge is 2.18. The third kappa shape index (κ3) is 4.68. The van der Waals surface area contributed by atoms with Crippen molar-refractivity contribution in [3.63, 3.8) is 0 Å². The van der Waals surface area contributed by atoms with E-state index in [1.807, 2.05) is 18.7 Å². The van der Waals surface area contributed by atoms with Crippen molar-refractivity contribution >= 4 is 11.9 Å². The topological polar surface area (TPSA) is 57.6 Å². The third-order valence-corrected chi connectivity index (χ3v) is 3.06. The van der Waals surface area contributed by atoms with Crippen LogP contribution in [0.25, 0.3) is 0 Å². The summed E-state index contributed by atoms with van der Waals surface area (Å²) in [5, 5.41) is 8.84. The number of aromatic carboxylic acids is 1. The minimum Gasteiger partial charge on any atom is -0.478 e. The van der Waals surface area contributed by atoms with Crippen molar-refractivity contribution < 1.29 is 14.7 Å². The summed E-state index contributed by atoms with van der Waals surface area (Å²) in [5.41, 5.74) is 1.08. The smallest absolute Gasteiger partial charge is 0.335 e. The Kier molecular flexibility index (Phi) is 5.74. The predicted molar refractivity (Wildman–Crippen MR) is 78.8 cm³/mol. The molecule has 0 radical (unpaired) electrons. The van der Waals surface area contributed by atoms with Crippen molar-refractivity contribution in [2.75, 3.05) is 6.54 Å². The molecular formula is C16H23NO3. The van der Waals surface area contributed by atoms with Crippen molar-refractivity contribution in [1.29, 1.82) is 0 Å². The third-order valence-electron chi connectivity index (χ3n) is 3.06. The first kappa shape index (κ1) is 16.2. The lowest BCUT2D eigenvalue weighted by Crippen LogP contribution is -2.40. The lowest BCUT2D eigenvalue weighted by molar-refractivity contribution is -0.132. The monoisotopic (exact) mass is 277 g/mol. The SMILES string of the molecule is CC(C)CN(C(=O)Cc1ccc(C(=O)O)cc1)C(C)C. The van der Waals surface area contributed by atoms with Crippen molar-refractivity contribution in [1.82, 2.24) is 4.90 Å². The van der Waals surface area contributed by atoms with Crippen molar-refractivity contribution in [2.24, 2.45) is 5.92 Å². The molecule has 1 amide bonds. The molecule has 0 heterocycles. The van der Waals surface area contributed by atoms with Gasteiger partial charge in [-0.05, 0) is 37.5 Å². The number of carboxylic acid groups (broad SMARTS) is 1. The van der Waals surface area contributed by atoms with Crippen LogP contribution in [0.15, 0.2) is 24.3 Å². The zero-order valence-electron chi connectivity index (χ0n) is 12.6. The van der Waals surface area contributed by atoms with Gasteiger partial charge in [-0.25, -0.2) is 4.79 Å². The van der Waals surface area contributed by atoms with Crippen LogP contribution in [-0.4, -0.2) is 34.5 Å². The fourth-order valence-corrected chi connectivity index (χ4v) is 2.04. The van der Waals surface area contributed by atoms with Crippen LogP contribution < -0.4 is 0 Å². The van der Waals surface area contributed by atoms with E-state index in [0.717, 1.165) is 12.1 Å². The zero-order chi connectivity index (χ0) is 15.3. The molecule has 1 N–H and O–H groups in total. The maximum Gasteiger partial charge on any atom is 0.335 e.